The van der Waals surface area contributed by atoms with E-state index in [-0.39, 0.29) is 23.7 Å². The third kappa shape index (κ3) is 3.47. The average molecular weight is 289 g/mol. The fraction of sp³-hybridized carbons (Fsp3) is 0.200. The minimum atomic E-state index is -0.562. The zero-order valence-corrected chi connectivity index (χ0v) is 11.8. The molecule has 2 rings (SSSR count). The van der Waals surface area contributed by atoms with Crippen molar-refractivity contribution < 1.29 is 13.9 Å². The lowest BCUT2D eigenvalue weighted by Gasteiger charge is -2.12. The standard InChI is InChI=1S/C15H16FN3O2/c1-3-21-15(20)11-7-10(17)8-18-14(11)19-13-6-9(2)4-5-12(13)16/h4-8H,3,17H2,1-2H3,(H,18,19). The second-order valence-corrected chi connectivity index (χ2v) is 4.49. The molecular weight excluding hydrogens is 273 g/mol. The van der Waals surface area contributed by atoms with Crippen LogP contribution in [0.4, 0.5) is 21.6 Å². The molecule has 1 heterocycles. The first kappa shape index (κ1) is 14.8. The molecule has 21 heavy (non-hydrogen) atoms. The lowest BCUT2D eigenvalue weighted by atomic mass is 10.2. The predicted octanol–water partition coefficient (Wildman–Crippen LogP) is 3.03. The van der Waals surface area contributed by atoms with Crippen molar-refractivity contribution in [3.63, 3.8) is 0 Å². The fourth-order valence-corrected chi connectivity index (χ4v) is 1.81. The molecule has 0 atom stereocenters. The van der Waals surface area contributed by atoms with E-state index < -0.39 is 11.8 Å². The van der Waals surface area contributed by atoms with E-state index in [9.17, 15) is 9.18 Å². The molecule has 5 nitrogen and oxygen atoms in total. The largest absolute Gasteiger partial charge is 0.462 e. The van der Waals surface area contributed by atoms with Crippen molar-refractivity contribution in [3.8, 4) is 0 Å². The summed E-state index contributed by atoms with van der Waals surface area (Å²) in [5.41, 5.74) is 7.24. The molecule has 0 spiro atoms. The molecule has 2 aromatic rings. The number of nitrogens with zero attached hydrogens (tertiary/aromatic N) is 1. The number of nitrogens with one attached hydrogen (secondary N) is 1. The van der Waals surface area contributed by atoms with Crippen LogP contribution in [-0.4, -0.2) is 17.6 Å². The van der Waals surface area contributed by atoms with E-state index in [0.29, 0.717) is 5.69 Å². The topological polar surface area (TPSA) is 77.2 Å². The first-order valence-corrected chi connectivity index (χ1v) is 6.47. The van der Waals surface area contributed by atoms with E-state index in [0.717, 1.165) is 5.56 Å². The number of pyridine rings is 1. The normalized spacial score (nSPS) is 10.2. The average Bonchev–Trinajstić information content (AvgIpc) is 2.45. The highest BCUT2D eigenvalue weighted by molar-refractivity contribution is 5.96. The van der Waals surface area contributed by atoms with Gasteiger partial charge in [0.1, 0.15) is 17.2 Å². The van der Waals surface area contributed by atoms with Crippen LogP contribution in [0.3, 0.4) is 0 Å². The number of aryl methyl sites for hydroxylation is 1. The van der Waals surface area contributed by atoms with E-state index in [4.69, 9.17) is 10.5 Å². The van der Waals surface area contributed by atoms with Crippen LogP contribution in [0.1, 0.15) is 22.8 Å². The number of hydrogen-bond acceptors (Lipinski definition) is 5. The molecule has 6 heteroatoms. The van der Waals surface area contributed by atoms with Crippen molar-refractivity contribution in [2.24, 2.45) is 0 Å². The van der Waals surface area contributed by atoms with Crippen molar-refractivity contribution in [2.45, 2.75) is 13.8 Å². The lowest BCUT2D eigenvalue weighted by Crippen LogP contribution is -2.10. The summed E-state index contributed by atoms with van der Waals surface area (Å²) >= 11 is 0. The Morgan fingerprint density at radius 3 is 2.90 bits per heavy atom. The van der Waals surface area contributed by atoms with Gasteiger partial charge in [-0.15, -0.1) is 0 Å². The monoisotopic (exact) mass is 289 g/mol. The lowest BCUT2D eigenvalue weighted by molar-refractivity contribution is 0.0527. The zero-order chi connectivity index (χ0) is 15.4. The summed E-state index contributed by atoms with van der Waals surface area (Å²) in [6, 6.07) is 6.07. The SMILES string of the molecule is CCOC(=O)c1cc(N)cnc1Nc1cc(C)ccc1F. The van der Waals surface area contributed by atoms with Crippen LogP contribution in [0.25, 0.3) is 0 Å². The molecule has 0 aliphatic heterocycles. The van der Waals surface area contributed by atoms with Gasteiger partial charge >= 0.3 is 5.97 Å². The maximum atomic E-state index is 13.8. The van der Waals surface area contributed by atoms with Gasteiger partial charge in [-0.2, -0.15) is 0 Å². The quantitative estimate of drug-likeness (QED) is 0.846. The van der Waals surface area contributed by atoms with Gasteiger partial charge in [-0.3, -0.25) is 0 Å². The number of esters is 1. The second kappa shape index (κ2) is 6.21. The van der Waals surface area contributed by atoms with Crippen molar-refractivity contribution >= 4 is 23.2 Å². The van der Waals surface area contributed by atoms with Gasteiger partial charge in [0.2, 0.25) is 0 Å². The van der Waals surface area contributed by atoms with Gasteiger partial charge < -0.3 is 15.8 Å². The van der Waals surface area contributed by atoms with E-state index in [2.05, 4.69) is 10.3 Å². The summed E-state index contributed by atoms with van der Waals surface area (Å²) < 4.78 is 18.7. The van der Waals surface area contributed by atoms with Crippen molar-refractivity contribution in [1.29, 1.82) is 0 Å². The first-order valence-electron chi connectivity index (χ1n) is 6.47. The van der Waals surface area contributed by atoms with Crippen LogP contribution >= 0.6 is 0 Å². The van der Waals surface area contributed by atoms with E-state index >= 15 is 0 Å². The summed E-state index contributed by atoms with van der Waals surface area (Å²) in [5.74, 6) is -0.797. The molecule has 1 aromatic carbocycles. The van der Waals surface area contributed by atoms with Gasteiger partial charge in [-0.25, -0.2) is 14.2 Å². The molecular formula is C15H16FN3O2. The Hall–Kier alpha value is -2.63. The number of benzene rings is 1. The molecule has 0 unspecified atom stereocenters. The molecule has 0 radical (unpaired) electrons. The van der Waals surface area contributed by atoms with Crippen molar-refractivity contribution in [3.05, 3.63) is 47.4 Å². The van der Waals surface area contributed by atoms with Gasteiger partial charge in [-0.1, -0.05) is 6.07 Å². The summed E-state index contributed by atoms with van der Waals surface area (Å²) in [7, 11) is 0. The number of nitrogen functional groups attached to an aromatic ring is 1. The molecule has 0 saturated heterocycles. The number of rotatable bonds is 4. The zero-order valence-electron chi connectivity index (χ0n) is 11.8. The van der Waals surface area contributed by atoms with Crippen LogP contribution in [0.15, 0.2) is 30.5 Å². The van der Waals surface area contributed by atoms with Gasteiger partial charge in [-0.05, 0) is 37.6 Å². The third-order valence-electron chi connectivity index (χ3n) is 2.78. The van der Waals surface area contributed by atoms with Gasteiger partial charge in [0.25, 0.3) is 0 Å². The molecule has 0 amide bonds. The van der Waals surface area contributed by atoms with Crippen molar-refractivity contribution in [1.82, 2.24) is 4.98 Å². The van der Waals surface area contributed by atoms with Crippen LogP contribution in [0.5, 0.6) is 0 Å². The minimum Gasteiger partial charge on any atom is -0.462 e. The Labute approximate surface area is 121 Å². The molecule has 0 aliphatic carbocycles. The Morgan fingerprint density at radius 1 is 1.43 bits per heavy atom. The van der Waals surface area contributed by atoms with Crippen LogP contribution in [0, 0.1) is 12.7 Å². The Morgan fingerprint density at radius 2 is 2.19 bits per heavy atom. The summed E-state index contributed by atoms with van der Waals surface area (Å²) in [6.07, 6.45) is 1.39. The maximum absolute atomic E-state index is 13.8. The number of carbonyl (C=O) groups excluding carboxylic acids is 1. The van der Waals surface area contributed by atoms with Crippen LogP contribution in [-0.2, 0) is 4.74 Å². The molecule has 1 aromatic heterocycles. The molecule has 0 bridgehead atoms. The number of hydrogen-bond donors (Lipinski definition) is 2. The Bertz CT molecular complexity index is 674. The molecule has 0 fully saturated rings. The van der Waals surface area contributed by atoms with Gasteiger partial charge in [0.05, 0.1) is 24.2 Å². The van der Waals surface area contributed by atoms with E-state index in [1.165, 1.54) is 18.3 Å². The van der Waals surface area contributed by atoms with Gasteiger partial charge in [0.15, 0.2) is 0 Å². The third-order valence-corrected chi connectivity index (χ3v) is 2.78. The number of ether oxygens (including phenoxy) is 1. The highest BCUT2D eigenvalue weighted by Gasteiger charge is 2.16. The second-order valence-electron chi connectivity index (χ2n) is 4.49. The number of aromatic nitrogens is 1. The van der Waals surface area contributed by atoms with Crippen LogP contribution in [0.2, 0.25) is 0 Å². The maximum Gasteiger partial charge on any atom is 0.341 e. The Balaban J connectivity index is 2.39. The molecule has 110 valence electrons. The highest BCUT2D eigenvalue weighted by Crippen LogP contribution is 2.24. The van der Waals surface area contributed by atoms with E-state index in [1.807, 2.05) is 6.92 Å². The van der Waals surface area contributed by atoms with Gasteiger partial charge in [0, 0.05) is 0 Å². The Kier molecular flexibility index (Phi) is 4.37. The number of nitrogens with two attached hydrogens (primary N) is 1. The first-order chi connectivity index (χ1) is 10.0. The smallest absolute Gasteiger partial charge is 0.341 e. The number of anilines is 3. The number of carbonyl (C=O) groups is 1. The minimum absolute atomic E-state index is 0.165. The van der Waals surface area contributed by atoms with E-state index in [1.54, 1.807) is 19.1 Å². The fourth-order valence-electron chi connectivity index (χ4n) is 1.81. The van der Waals surface area contributed by atoms with Crippen molar-refractivity contribution in [2.75, 3.05) is 17.7 Å². The summed E-state index contributed by atoms with van der Waals surface area (Å²) in [4.78, 5) is 16.0. The predicted molar refractivity (Wildman–Crippen MR) is 79.0 cm³/mol. The number of halogens is 1. The molecule has 0 aliphatic rings. The summed E-state index contributed by atoms with van der Waals surface area (Å²) in [6.45, 7) is 3.77. The highest BCUT2D eigenvalue weighted by atomic mass is 19.1. The summed E-state index contributed by atoms with van der Waals surface area (Å²) in [5, 5.41) is 2.81. The molecule has 3 N–H and O–H groups in total. The van der Waals surface area contributed by atoms with Crippen LogP contribution < -0.4 is 11.1 Å². The molecule has 0 saturated carbocycles.